The first-order valence-electron chi connectivity index (χ1n) is 5.88. The summed E-state index contributed by atoms with van der Waals surface area (Å²) in [5.74, 6) is 0.809. The van der Waals surface area contributed by atoms with Crippen LogP contribution in [-0.2, 0) is 0 Å². The first kappa shape index (κ1) is 12.1. The number of thiazole rings is 1. The van der Waals surface area contributed by atoms with Gasteiger partial charge in [-0.1, -0.05) is 18.2 Å². The van der Waals surface area contributed by atoms with Gasteiger partial charge in [0.15, 0.2) is 10.2 Å². The van der Waals surface area contributed by atoms with Gasteiger partial charge in [0.05, 0.1) is 15.1 Å². The highest BCUT2D eigenvalue weighted by Crippen LogP contribution is 2.33. The molecule has 3 aromatic heterocycles. The molecule has 1 aromatic carbocycles. The van der Waals surface area contributed by atoms with E-state index in [-0.39, 0.29) is 0 Å². The van der Waals surface area contributed by atoms with Crippen LogP contribution >= 0.6 is 34.4 Å². The second kappa shape index (κ2) is 5.01. The molecular formula is C13H8N4S3. The van der Waals surface area contributed by atoms with Gasteiger partial charge in [-0.05, 0) is 35.3 Å². The average molecular weight is 316 g/mol. The second-order valence-corrected chi connectivity index (χ2v) is 7.19. The van der Waals surface area contributed by atoms with Gasteiger partial charge in [0, 0.05) is 0 Å². The lowest BCUT2D eigenvalue weighted by Gasteiger charge is -1.87. The van der Waals surface area contributed by atoms with Gasteiger partial charge in [-0.3, -0.25) is 5.10 Å². The summed E-state index contributed by atoms with van der Waals surface area (Å²) in [6, 6.07) is 12.1. The van der Waals surface area contributed by atoms with Gasteiger partial charge in [-0.2, -0.15) is 0 Å². The molecule has 0 radical (unpaired) electrons. The van der Waals surface area contributed by atoms with E-state index < -0.39 is 0 Å². The smallest absolute Gasteiger partial charge is 0.215 e. The molecule has 4 nitrogen and oxygen atoms in total. The molecule has 0 amide bonds. The Morgan fingerprint density at radius 2 is 2.00 bits per heavy atom. The van der Waals surface area contributed by atoms with Crippen LogP contribution in [0.1, 0.15) is 0 Å². The van der Waals surface area contributed by atoms with E-state index in [4.69, 9.17) is 0 Å². The molecule has 0 aliphatic rings. The molecule has 0 aliphatic carbocycles. The number of aromatic amines is 1. The lowest BCUT2D eigenvalue weighted by Crippen LogP contribution is -1.75. The molecule has 4 aromatic rings. The maximum atomic E-state index is 4.57. The number of hydrogen-bond donors (Lipinski definition) is 1. The number of rotatable bonds is 3. The molecule has 4 rings (SSSR count). The molecule has 0 aliphatic heterocycles. The van der Waals surface area contributed by atoms with Gasteiger partial charge in [-0.25, -0.2) is 9.97 Å². The van der Waals surface area contributed by atoms with E-state index in [9.17, 15) is 0 Å². The van der Waals surface area contributed by atoms with Crippen LogP contribution in [-0.4, -0.2) is 20.2 Å². The van der Waals surface area contributed by atoms with Gasteiger partial charge in [0.25, 0.3) is 0 Å². The van der Waals surface area contributed by atoms with E-state index >= 15 is 0 Å². The highest BCUT2D eigenvalue weighted by atomic mass is 32.2. The predicted octanol–water partition coefficient (Wildman–Crippen LogP) is 4.29. The minimum Gasteiger partial charge on any atom is -0.257 e. The van der Waals surface area contributed by atoms with Crippen molar-refractivity contribution in [3.8, 4) is 10.7 Å². The normalized spacial score (nSPS) is 11.2. The molecule has 7 heteroatoms. The Bertz CT molecular complexity index is 814. The van der Waals surface area contributed by atoms with Crippen LogP contribution in [0.3, 0.4) is 0 Å². The lowest BCUT2D eigenvalue weighted by molar-refractivity contribution is 0.973. The van der Waals surface area contributed by atoms with Crippen LogP contribution in [0.15, 0.2) is 51.3 Å². The van der Waals surface area contributed by atoms with Crippen molar-refractivity contribution >= 4 is 44.7 Å². The Hall–Kier alpha value is -1.70. The van der Waals surface area contributed by atoms with E-state index in [1.165, 1.54) is 16.5 Å². The third-order valence-corrected chi connectivity index (χ3v) is 5.51. The maximum Gasteiger partial charge on any atom is 0.215 e. The number of H-pyrrole nitrogens is 1. The van der Waals surface area contributed by atoms with Gasteiger partial charge in [-0.15, -0.1) is 27.8 Å². The largest absolute Gasteiger partial charge is 0.257 e. The minimum atomic E-state index is 0.701. The number of fused-ring (bicyclic) bond motifs is 1. The monoisotopic (exact) mass is 316 g/mol. The van der Waals surface area contributed by atoms with Crippen molar-refractivity contribution in [2.24, 2.45) is 0 Å². The Morgan fingerprint density at radius 3 is 2.85 bits per heavy atom. The summed E-state index contributed by atoms with van der Waals surface area (Å²) in [4.78, 5) is 10.2. The minimum absolute atomic E-state index is 0.701. The summed E-state index contributed by atoms with van der Waals surface area (Å²) in [5.41, 5.74) is 1.02. The van der Waals surface area contributed by atoms with Crippen LogP contribution in [0.4, 0.5) is 0 Å². The maximum absolute atomic E-state index is 4.57. The van der Waals surface area contributed by atoms with Crippen LogP contribution < -0.4 is 0 Å². The van der Waals surface area contributed by atoms with E-state index in [0.29, 0.717) is 5.16 Å². The SMILES string of the molecule is c1csc(-c2nc(Sc3nc4ccccc4s3)n[nH]2)c1. The highest BCUT2D eigenvalue weighted by Gasteiger charge is 2.10. The van der Waals surface area contributed by atoms with E-state index in [0.717, 1.165) is 20.6 Å². The number of nitrogens with one attached hydrogen (secondary N) is 1. The topological polar surface area (TPSA) is 54.5 Å². The Kier molecular flexibility index (Phi) is 3.02. The van der Waals surface area contributed by atoms with Crippen LogP contribution in [0.5, 0.6) is 0 Å². The van der Waals surface area contributed by atoms with Crippen molar-refractivity contribution in [1.29, 1.82) is 0 Å². The standard InChI is InChI=1S/C13H8N4S3/c1-2-5-9-8(4-1)14-13(19-9)20-12-15-11(16-17-12)10-6-3-7-18-10/h1-7H,(H,15,16,17). The Balaban J connectivity index is 1.62. The fraction of sp³-hybridized carbons (Fsp3) is 0. The molecule has 0 saturated carbocycles. The number of hydrogen-bond acceptors (Lipinski definition) is 6. The highest BCUT2D eigenvalue weighted by molar-refractivity contribution is 8.01. The molecule has 0 bridgehead atoms. The van der Waals surface area contributed by atoms with Crippen LogP contribution in [0.25, 0.3) is 20.9 Å². The molecule has 0 atom stereocenters. The van der Waals surface area contributed by atoms with Gasteiger partial charge in [0.2, 0.25) is 5.16 Å². The molecule has 0 spiro atoms. The molecule has 0 unspecified atom stereocenters. The first-order chi connectivity index (χ1) is 9.88. The average Bonchev–Trinajstić information content (AvgIpc) is 3.18. The molecule has 20 heavy (non-hydrogen) atoms. The van der Waals surface area contributed by atoms with E-state index in [2.05, 4.69) is 26.2 Å². The summed E-state index contributed by atoms with van der Waals surface area (Å²) < 4.78 is 2.15. The quantitative estimate of drug-likeness (QED) is 0.612. The number of aromatic nitrogens is 4. The fourth-order valence-electron chi connectivity index (χ4n) is 1.79. The van der Waals surface area contributed by atoms with Gasteiger partial charge >= 0.3 is 0 Å². The van der Waals surface area contributed by atoms with Gasteiger partial charge in [0.1, 0.15) is 0 Å². The van der Waals surface area contributed by atoms with Gasteiger partial charge < -0.3 is 0 Å². The molecule has 0 fully saturated rings. The molecule has 3 heterocycles. The molecule has 98 valence electrons. The van der Waals surface area contributed by atoms with Crippen LogP contribution in [0.2, 0.25) is 0 Å². The van der Waals surface area contributed by atoms with E-state index in [1.807, 2.05) is 35.7 Å². The molecule has 0 saturated heterocycles. The number of para-hydroxylation sites is 1. The number of benzene rings is 1. The summed E-state index contributed by atoms with van der Waals surface area (Å²) in [6.07, 6.45) is 0. The Labute approximate surface area is 126 Å². The van der Waals surface area contributed by atoms with Crippen molar-refractivity contribution < 1.29 is 0 Å². The molecule has 1 N–H and O–H groups in total. The third-order valence-electron chi connectivity index (χ3n) is 2.67. The van der Waals surface area contributed by atoms with Crippen molar-refractivity contribution in [2.45, 2.75) is 9.50 Å². The first-order valence-corrected chi connectivity index (χ1v) is 8.39. The summed E-state index contributed by atoms with van der Waals surface area (Å²) >= 11 is 4.79. The number of thiophene rings is 1. The predicted molar refractivity (Wildman–Crippen MR) is 83.4 cm³/mol. The zero-order valence-corrected chi connectivity index (χ0v) is 12.6. The fourth-order valence-corrected chi connectivity index (χ4v) is 4.34. The summed E-state index contributed by atoms with van der Waals surface area (Å²) in [5, 5.41) is 9.93. The number of nitrogens with zero attached hydrogens (tertiary/aromatic N) is 3. The van der Waals surface area contributed by atoms with Crippen molar-refractivity contribution in [3.05, 3.63) is 41.8 Å². The Morgan fingerprint density at radius 1 is 1.05 bits per heavy atom. The second-order valence-electron chi connectivity index (χ2n) is 3.99. The van der Waals surface area contributed by atoms with Crippen LogP contribution in [0, 0.1) is 0 Å². The van der Waals surface area contributed by atoms with Crippen molar-refractivity contribution in [2.75, 3.05) is 0 Å². The van der Waals surface area contributed by atoms with Crippen molar-refractivity contribution in [3.63, 3.8) is 0 Å². The molecular weight excluding hydrogens is 308 g/mol. The zero-order valence-electron chi connectivity index (χ0n) is 10.1. The third kappa shape index (κ3) is 2.24. The lowest BCUT2D eigenvalue weighted by atomic mass is 10.3. The summed E-state index contributed by atoms with van der Waals surface area (Å²) in [7, 11) is 0. The zero-order chi connectivity index (χ0) is 13.4. The van der Waals surface area contributed by atoms with E-state index in [1.54, 1.807) is 22.7 Å². The summed E-state index contributed by atoms with van der Waals surface area (Å²) in [6.45, 7) is 0. The van der Waals surface area contributed by atoms with Crippen molar-refractivity contribution in [1.82, 2.24) is 20.2 Å².